The third-order valence-corrected chi connectivity index (χ3v) is 6.33. The van der Waals surface area contributed by atoms with Gasteiger partial charge in [0, 0.05) is 24.7 Å². The molecule has 1 unspecified atom stereocenters. The minimum absolute atomic E-state index is 0.0391. The molecule has 0 bridgehead atoms. The van der Waals surface area contributed by atoms with Gasteiger partial charge in [0.05, 0.1) is 9.79 Å². The van der Waals surface area contributed by atoms with Crippen LogP contribution in [0.2, 0.25) is 0 Å². The molecule has 9 nitrogen and oxygen atoms in total. The number of hydrogen-bond donors (Lipinski definition) is 3. The second-order valence-electron chi connectivity index (χ2n) is 6.64. The molecule has 0 spiro atoms. The molecule has 158 valence electrons. The van der Waals surface area contributed by atoms with Crippen molar-refractivity contribution in [1.82, 2.24) is 4.90 Å². The Morgan fingerprint density at radius 3 is 2.14 bits per heavy atom. The van der Waals surface area contributed by atoms with Gasteiger partial charge in [0.15, 0.2) is 0 Å². The van der Waals surface area contributed by atoms with Crippen LogP contribution in [0.15, 0.2) is 58.3 Å². The van der Waals surface area contributed by atoms with Crippen LogP contribution in [-0.2, 0) is 24.8 Å². The molecule has 29 heavy (non-hydrogen) atoms. The lowest BCUT2D eigenvalue weighted by molar-refractivity contribution is -0.116. The molecule has 0 aromatic heterocycles. The van der Waals surface area contributed by atoms with Crippen LogP contribution in [0, 0.1) is 0 Å². The summed E-state index contributed by atoms with van der Waals surface area (Å²) < 4.78 is 45.4. The first-order valence-corrected chi connectivity index (χ1v) is 11.7. The Kier molecular flexibility index (Phi) is 7.14. The SMILES string of the molecule is CC(c1ccc(S(N)(=O)=O)cc1)N(C)CCC(=O)Nc1cccc(S(N)(=O)=O)c1. The highest BCUT2D eigenvalue weighted by molar-refractivity contribution is 7.89. The van der Waals surface area contributed by atoms with Gasteiger partial charge in [-0.15, -0.1) is 0 Å². The van der Waals surface area contributed by atoms with E-state index in [1.807, 2.05) is 18.9 Å². The van der Waals surface area contributed by atoms with E-state index in [4.69, 9.17) is 10.3 Å². The maximum atomic E-state index is 12.2. The van der Waals surface area contributed by atoms with Gasteiger partial charge in [-0.1, -0.05) is 18.2 Å². The summed E-state index contributed by atoms with van der Waals surface area (Å²) in [7, 11) is -5.75. The average Bonchev–Trinajstić information content (AvgIpc) is 2.64. The van der Waals surface area contributed by atoms with E-state index in [1.54, 1.807) is 18.2 Å². The number of sulfonamides is 2. The molecule has 1 amide bonds. The molecule has 11 heteroatoms. The Bertz CT molecular complexity index is 1080. The largest absolute Gasteiger partial charge is 0.326 e. The number of primary sulfonamides is 2. The van der Waals surface area contributed by atoms with Crippen LogP contribution in [0.25, 0.3) is 0 Å². The van der Waals surface area contributed by atoms with Gasteiger partial charge in [0.2, 0.25) is 26.0 Å². The molecule has 2 aromatic rings. The smallest absolute Gasteiger partial charge is 0.238 e. The maximum absolute atomic E-state index is 12.2. The number of nitrogens with one attached hydrogen (secondary N) is 1. The second kappa shape index (κ2) is 9.01. The molecule has 0 saturated heterocycles. The standard InChI is InChI=1S/C18H24N4O5S2/c1-13(14-6-8-16(9-7-14)28(19,24)25)22(2)11-10-18(23)21-15-4-3-5-17(12-15)29(20,26)27/h3-9,12-13H,10-11H2,1-2H3,(H,21,23)(H2,19,24,25)(H2,20,26,27). The predicted octanol–water partition coefficient (Wildman–Crippen LogP) is 1.00. The minimum atomic E-state index is -3.85. The van der Waals surface area contributed by atoms with Gasteiger partial charge < -0.3 is 5.32 Å². The molecule has 5 N–H and O–H groups in total. The first-order chi connectivity index (χ1) is 13.4. The Morgan fingerprint density at radius 2 is 1.59 bits per heavy atom. The highest BCUT2D eigenvalue weighted by Crippen LogP contribution is 2.21. The zero-order valence-electron chi connectivity index (χ0n) is 16.1. The van der Waals surface area contributed by atoms with Crippen molar-refractivity contribution in [1.29, 1.82) is 0 Å². The van der Waals surface area contributed by atoms with Gasteiger partial charge >= 0.3 is 0 Å². The van der Waals surface area contributed by atoms with Crippen molar-refractivity contribution in [2.45, 2.75) is 29.2 Å². The molecule has 0 fully saturated rings. The van der Waals surface area contributed by atoms with E-state index in [0.29, 0.717) is 12.2 Å². The van der Waals surface area contributed by atoms with Gasteiger partial charge in [-0.25, -0.2) is 27.1 Å². The van der Waals surface area contributed by atoms with Gasteiger partial charge in [0.1, 0.15) is 0 Å². The van der Waals surface area contributed by atoms with E-state index in [1.165, 1.54) is 30.3 Å². The lowest BCUT2D eigenvalue weighted by Crippen LogP contribution is -2.27. The number of nitrogens with two attached hydrogens (primary N) is 2. The maximum Gasteiger partial charge on any atom is 0.238 e. The van der Waals surface area contributed by atoms with Crippen molar-refractivity contribution < 1.29 is 21.6 Å². The van der Waals surface area contributed by atoms with Gasteiger partial charge in [-0.05, 0) is 49.9 Å². The van der Waals surface area contributed by atoms with Crippen molar-refractivity contribution in [3.63, 3.8) is 0 Å². The van der Waals surface area contributed by atoms with E-state index >= 15 is 0 Å². The quantitative estimate of drug-likeness (QED) is 0.557. The predicted molar refractivity (Wildman–Crippen MR) is 110 cm³/mol. The molecule has 1 atom stereocenters. The van der Waals surface area contributed by atoms with E-state index in [0.717, 1.165) is 5.56 Å². The number of nitrogens with zero attached hydrogens (tertiary/aromatic N) is 1. The number of rotatable bonds is 8. The van der Waals surface area contributed by atoms with Crippen LogP contribution in [0.4, 0.5) is 5.69 Å². The van der Waals surface area contributed by atoms with Crippen molar-refractivity contribution in [3.05, 3.63) is 54.1 Å². The summed E-state index contributed by atoms with van der Waals surface area (Å²) in [5.41, 5.74) is 1.22. The molecule has 0 aliphatic rings. The monoisotopic (exact) mass is 440 g/mol. The van der Waals surface area contributed by atoms with Crippen molar-refractivity contribution in [2.75, 3.05) is 18.9 Å². The lowest BCUT2D eigenvalue weighted by atomic mass is 10.1. The highest BCUT2D eigenvalue weighted by Gasteiger charge is 2.15. The molecule has 0 radical (unpaired) electrons. The van der Waals surface area contributed by atoms with E-state index in [2.05, 4.69) is 5.32 Å². The van der Waals surface area contributed by atoms with Crippen molar-refractivity contribution in [3.8, 4) is 0 Å². The van der Waals surface area contributed by atoms with Crippen LogP contribution in [0.1, 0.15) is 24.9 Å². The Balaban J connectivity index is 1.94. The van der Waals surface area contributed by atoms with Crippen LogP contribution < -0.4 is 15.6 Å². The zero-order valence-corrected chi connectivity index (χ0v) is 17.7. The van der Waals surface area contributed by atoms with E-state index < -0.39 is 20.0 Å². The third kappa shape index (κ3) is 6.61. The fourth-order valence-corrected chi connectivity index (χ4v) is 3.71. The van der Waals surface area contributed by atoms with Crippen LogP contribution >= 0.6 is 0 Å². The van der Waals surface area contributed by atoms with Crippen molar-refractivity contribution >= 4 is 31.6 Å². The summed E-state index contributed by atoms with van der Waals surface area (Å²) in [5, 5.41) is 12.8. The van der Waals surface area contributed by atoms with E-state index in [-0.39, 0.29) is 28.2 Å². The third-order valence-electron chi connectivity index (χ3n) is 4.49. The van der Waals surface area contributed by atoms with Gasteiger partial charge in [-0.2, -0.15) is 0 Å². The molecular formula is C18H24N4O5S2. The Morgan fingerprint density at radius 1 is 1.00 bits per heavy atom. The Hall–Kier alpha value is -2.31. The first kappa shape index (κ1) is 23.0. The number of anilines is 1. The fourth-order valence-electron chi connectivity index (χ4n) is 2.64. The van der Waals surface area contributed by atoms with Crippen molar-refractivity contribution in [2.24, 2.45) is 10.3 Å². The molecule has 2 rings (SSSR count). The second-order valence-corrected chi connectivity index (χ2v) is 9.76. The summed E-state index contributed by atoms with van der Waals surface area (Å²) in [5.74, 6) is -0.278. The summed E-state index contributed by atoms with van der Waals surface area (Å²) in [6, 6.07) is 11.9. The normalized spacial score (nSPS) is 13.3. The average molecular weight is 441 g/mol. The Labute approximate surface area is 170 Å². The number of amides is 1. The highest BCUT2D eigenvalue weighted by atomic mass is 32.2. The number of hydrogen-bond acceptors (Lipinski definition) is 6. The molecule has 0 aliphatic heterocycles. The molecule has 0 heterocycles. The molecular weight excluding hydrogens is 416 g/mol. The van der Waals surface area contributed by atoms with Gasteiger partial charge in [-0.3, -0.25) is 9.69 Å². The lowest BCUT2D eigenvalue weighted by Gasteiger charge is -2.25. The van der Waals surface area contributed by atoms with Crippen LogP contribution in [-0.4, -0.2) is 41.2 Å². The fraction of sp³-hybridized carbons (Fsp3) is 0.278. The van der Waals surface area contributed by atoms with Crippen LogP contribution in [0.5, 0.6) is 0 Å². The molecule has 2 aromatic carbocycles. The summed E-state index contributed by atoms with van der Waals surface area (Å²) in [6.45, 7) is 2.36. The van der Waals surface area contributed by atoms with E-state index in [9.17, 15) is 21.6 Å². The zero-order chi connectivity index (χ0) is 21.8. The minimum Gasteiger partial charge on any atom is -0.326 e. The first-order valence-electron chi connectivity index (χ1n) is 8.63. The summed E-state index contributed by atoms with van der Waals surface area (Å²) in [6.07, 6.45) is 0.176. The summed E-state index contributed by atoms with van der Waals surface area (Å²) in [4.78, 5) is 14.1. The molecule has 0 aliphatic carbocycles. The summed E-state index contributed by atoms with van der Waals surface area (Å²) >= 11 is 0. The topological polar surface area (TPSA) is 153 Å². The molecule has 0 saturated carbocycles. The number of carbonyl (C=O) groups excluding carboxylic acids is 1. The van der Waals surface area contributed by atoms with Crippen LogP contribution in [0.3, 0.4) is 0 Å². The number of carbonyl (C=O) groups is 1. The van der Waals surface area contributed by atoms with Gasteiger partial charge in [0.25, 0.3) is 0 Å². The number of benzene rings is 2.